The molecule has 0 radical (unpaired) electrons. The number of nitrogen functional groups attached to an aromatic ring is 1. The molecule has 2 N–H and O–H groups in total. The summed E-state index contributed by atoms with van der Waals surface area (Å²) in [6.45, 7) is 1.27. The lowest BCUT2D eigenvalue weighted by Crippen LogP contribution is -2.05. The summed E-state index contributed by atoms with van der Waals surface area (Å²) in [5.41, 5.74) is 6.38. The third-order valence-electron chi connectivity index (χ3n) is 2.43. The van der Waals surface area contributed by atoms with E-state index in [9.17, 15) is 0 Å². The highest BCUT2D eigenvalue weighted by atomic mass is 35.5. The third kappa shape index (κ3) is 5.53. The van der Waals surface area contributed by atoms with Crippen LogP contribution in [0, 0.1) is 0 Å². The lowest BCUT2D eigenvalue weighted by atomic mass is 10.3. The summed E-state index contributed by atoms with van der Waals surface area (Å²) >= 11 is 0. The number of halogens is 1. The Bertz CT molecular complexity index is 477. The number of ether oxygens (including phenoxy) is 2. The highest BCUT2D eigenvalue weighted by Crippen LogP contribution is 2.14. The van der Waals surface area contributed by atoms with Gasteiger partial charge in [0.15, 0.2) is 0 Å². The molecule has 0 aromatic heterocycles. The van der Waals surface area contributed by atoms with Crippen molar-refractivity contribution >= 4 is 18.1 Å². The van der Waals surface area contributed by atoms with Crippen LogP contribution in [0.3, 0.4) is 0 Å². The lowest BCUT2D eigenvalue weighted by molar-refractivity contribution is 0.247. The van der Waals surface area contributed by atoms with Crippen molar-refractivity contribution in [1.29, 1.82) is 0 Å². The Morgan fingerprint density at radius 1 is 0.789 bits per heavy atom. The maximum atomic E-state index is 5.66. The van der Waals surface area contributed by atoms with Gasteiger partial charge in [0.1, 0.15) is 11.5 Å². The van der Waals surface area contributed by atoms with Crippen LogP contribution >= 0.6 is 12.4 Å². The molecule has 0 unspecified atom stereocenters. The molecule has 102 valence electrons. The molecular formula is C15H18ClNO2. The summed E-state index contributed by atoms with van der Waals surface area (Å²) in [6, 6.07) is 17.2. The van der Waals surface area contributed by atoms with Crippen LogP contribution in [0.5, 0.6) is 11.5 Å². The molecule has 3 nitrogen and oxygen atoms in total. The van der Waals surface area contributed by atoms with Crippen LogP contribution < -0.4 is 15.2 Å². The van der Waals surface area contributed by atoms with Crippen LogP contribution in [-0.2, 0) is 0 Å². The lowest BCUT2D eigenvalue weighted by Gasteiger charge is -2.08. The van der Waals surface area contributed by atoms with Crippen molar-refractivity contribution < 1.29 is 9.47 Å². The Hall–Kier alpha value is -1.87. The SMILES string of the molecule is Cl.Nc1cccc(OCCCOc2ccccc2)c1. The van der Waals surface area contributed by atoms with Crippen molar-refractivity contribution in [2.75, 3.05) is 18.9 Å². The molecule has 2 aromatic carbocycles. The van der Waals surface area contributed by atoms with Crippen LogP contribution in [0.1, 0.15) is 6.42 Å². The first kappa shape index (κ1) is 15.2. The first-order valence-corrected chi connectivity index (χ1v) is 6.01. The Labute approximate surface area is 119 Å². The van der Waals surface area contributed by atoms with Gasteiger partial charge in [-0.1, -0.05) is 24.3 Å². The molecule has 0 aliphatic rings. The van der Waals surface area contributed by atoms with Crippen molar-refractivity contribution in [3.05, 3.63) is 54.6 Å². The molecule has 0 atom stereocenters. The van der Waals surface area contributed by atoms with Crippen LogP contribution in [-0.4, -0.2) is 13.2 Å². The monoisotopic (exact) mass is 279 g/mol. The number of nitrogens with two attached hydrogens (primary N) is 1. The second-order valence-electron chi connectivity index (χ2n) is 3.94. The molecule has 0 bridgehead atoms. The van der Waals surface area contributed by atoms with Crippen molar-refractivity contribution in [3.8, 4) is 11.5 Å². The van der Waals surface area contributed by atoms with Crippen LogP contribution in [0.15, 0.2) is 54.6 Å². The minimum absolute atomic E-state index is 0. The summed E-state index contributed by atoms with van der Waals surface area (Å²) in [6.07, 6.45) is 0.837. The molecule has 4 heteroatoms. The van der Waals surface area contributed by atoms with Crippen LogP contribution in [0.4, 0.5) is 5.69 Å². The summed E-state index contributed by atoms with van der Waals surface area (Å²) in [5, 5.41) is 0. The minimum atomic E-state index is 0. The molecule has 0 amide bonds. The van der Waals surface area contributed by atoms with Gasteiger partial charge in [0.05, 0.1) is 13.2 Å². The predicted molar refractivity (Wildman–Crippen MR) is 80.2 cm³/mol. The number of hydrogen-bond acceptors (Lipinski definition) is 3. The van der Waals surface area contributed by atoms with Crippen molar-refractivity contribution in [2.24, 2.45) is 0 Å². The number of rotatable bonds is 6. The Kier molecular flexibility index (Phi) is 6.61. The molecule has 0 fully saturated rings. The Morgan fingerprint density at radius 2 is 1.42 bits per heavy atom. The van der Waals surface area contributed by atoms with E-state index in [0.29, 0.717) is 18.9 Å². The molecule has 2 aromatic rings. The van der Waals surface area contributed by atoms with Crippen LogP contribution in [0.2, 0.25) is 0 Å². The van der Waals surface area contributed by atoms with Gasteiger partial charge in [-0.05, 0) is 24.3 Å². The third-order valence-corrected chi connectivity index (χ3v) is 2.43. The second-order valence-corrected chi connectivity index (χ2v) is 3.94. The van der Waals surface area contributed by atoms with E-state index in [1.165, 1.54) is 0 Å². The van der Waals surface area contributed by atoms with Crippen molar-refractivity contribution in [1.82, 2.24) is 0 Å². The van der Waals surface area contributed by atoms with Gasteiger partial charge in [-0.25, -0.2) is 0 Å². The van der Waals surface area contributed by atoms with E-state index in [1.807, 2.05) is 54.6 Å². The fraction of sp³-hybridized carbons (Fsp3) is 0.200. The van der Waals surface area contributed by atoms with Crippen molar-refractivity contribution in [2.45, 2.75) is 6.42 Å². The maximum absolute atomic E-state index is 5.66. The van der Waals surface area contributed by atoms with E-state index in [-0.39, 0.29) is 12.4 Å². The Balaban J connectivity index is 0.00000180. The average Bonchev–Trinajstić information content (AvgIpc) is 2.40. The van der Waals surface area contributed by atoms with E-state index in [4.69, 9.17) is 15.2 Å². The van der Waals surface area contributed by atoms with Gasteiger partial charge in [-0.15, -0.1) is 12.4 Å². The molecule has 2 rings (SSSR count). The standard InChI is InChI=1S/C15H17NO2.ClH/c16-13-6-4-9-15(12-13)18-11-5-10-17-14-7-2-1-3-8-14;/h1-4,6-9,12H,5,10-11,16H2;1H. The summed E-state index contributed by atoms with van der Waals surface area (Å²) in [7, 11) is 0. The summed E-state index contributed by atoms with van der Waals surface area (Å²) < 4.78 is 11.1. The van der Waals surface area contributed by atoms with E-state index < -0.39 is 0 Å². The molecule has 0 saturated carbocycles. The first-order valence-electron chi connectivity index (χ1n) is 6.01. The summed E-state index contributed by atoms with van der Waals surface area (Å²) in [4.78, 5) is 0. The van der Waals surface area contributed by atoms with Gasteiger partial charge in [0.2, 0.25) is 0 Å². The zero-order chi connectivity index (χ0) is 12.6. The van der Waals surface area contributed by atoms with Gasteiger partial charge in [0, 0.05) is 18.2 Å². The van der Waals surface area contributed by atoms with Gasteiger partial charge < -0.3 is 15.2 Å². The topological polar surface area (TPSA) is 44.5 Å². The van der Waals surface area contributed by atoms with E-state index in [1.54, 1.807) is 0 Å². The molecule has 19 heavy (non-hydrogen) atoms. The molecule has 0 saturated heterocycles. The fourth-order valence-corrected chi connectivity index (χ4v) is 1.56. The van der Waals surface area contributed by atoms with Gasteiger partial charge >= 0.3 is 0 Å². The van der Waals surface area contributed by atoms with Gasteiger partial charge in [-0.3, -0.25) is 0 Å². The fourth-order valence-electron chi connectivity index (χ4n) is 1.56. The largest absolute Gasteiger partial charge is 0.493 e. The number of para-hydroxylation sites is 1. The van der Waals surface area contributed by atoms with E-state index >= 15 is 0 Å². The van der Waals surface area contributed by atoms with Crippen molar-refractivity contribution in [3.63, 3.8) is 0 Å². The molecular weight excluding hydrogens is 262 g/mol. The zero-order valence-electron chi connectivity index (χ0n) is 10.6. The highest BCUT2D eigenvalue weighted by Gasteiger charge is 1.95. The predicted octanol–water partition coefficient (Wildman–Crippen LogP) is 3.54. The van der Waals surface area contributed by atoms with E-state index in [0.717, 1.165) is 17.9 Å². The second kappa shape index (κ2) is 8.27. The quantitative estimate of drug-likeness (QED) is 0.650. The first-order chi connectivity index (χ1) is 8.84. The van der Waals surface area contributed by atoms with Gasteiger partial charge in [-0.2, -0.15) is 0 Å². The van der Waals surface area contributed by atoms with Gasteiger partial charge in [0.25, 0.3) is 0 Å². The molecule has 0 spiro atoms. The Morgan fingerprint density at radius 3 is 2.11 bits per heavy atom. The maximum Gasteiger partial charge on any atom is 0.121 e. The highest BCUT2D eigenvalue weighted by molar-refractivity contribution is 5.85. The molecule has 0 aliphatic heterocycles. The number of anilines is 1. The molecule has 0 heterocycles. The summed E-state index contributed by atoms with van der Waals surface area (Å²) in [5.74, 6) is 1.69. The molecule has 0 aliphatic carbocycles. The zero-order valence-corrected chi connectivity index (χ0v) is 11.4. The smallest absolute Gasteiger partial charge is 0.121 e. The number of benzene rings is 2. The van der Waals surface area contributed by atoms with Crippen LogP contribution in [0.25, 0.3) is 0 Å². The normalized spacial score (nSPS) is 9.47. The minimum Gasteiger partial charge on any atom is -0.493 e. The van der Waals surface area contributed by atoms with E-state index in [2.05, 4.69) is 0 Å². The average molecular weight is 280 g/mol. The number of hydrogen-bond donors (Lipinski definition) is 1.